The minimum atomic E-state index is -1.49. The summed E-state index contributed by atoms with van der Waals surface area (Å²) in [4.78, 5) is 9.78. The van der Waals surface area contributed by atoms with E-state index < -0.39 is 32.9 Å². The molecule has 2 aromatic rings. The third-order valence-corrected chi connectivity index (χ3v) is 7.36. The molecular weight excluding hydrogens is 561 g/mol. The Bertz CT molecular complexity index is 870. The van der Waals surface area contributed by atoms with Gasteiger partial charge in [0.05, 0.1) is 0 Å². The van der Waals surface area contributed by atoms with Crippen LogP contribution >= 0.6 is 0 Å². The zero-order valence-electron chi connectivity index (χ0n) is 25.0. The third kappa shape index (κ3) is 20.5. The van der Waals surface area contributed by atoms with Crippen LogP contribution in [0.3, 0.4) is 0 Å². The van der Waals surface area contributed by atoms with Gasteiger partial charge in [-0.1, -0.05) is 151 Å². The summed E-state index contributed by atoms with van der Waals surface area (Å²) in [5, 5.41) is 12.0. The molecule has 0 aliphatic rings. The molecule has 0 aromatic heterocycles. The van der Waals surface area contributed by atoms with Gasteiger partial charge in [0.15, 0.2) is 0 Å². The Morgan fingerprint density at radius 1 is 0.514 bits per heavy atom. The van der Waals surface area contributed by atoms with Crippen LogP contribution in [-0.2, 0) is 21.7 Å². The number of hydrogen-bond donors (Lipinski definition) is 2. The standard InChI is InChI=1S/2C13H23N2Si2.H2O2.Ti/c2*1-16(2,3)14-13(15-17(4,5)6)12-10-8-7-9-11-12;1-2;/h2*7-11H,1-6H3;1-2H;/q2*-1;;+2. The van der Waals surface area contributed by atoms with Crippen LogP contribution in [0.25, 0.3) is 9.96 Å². The fraction of sp³-hybridized carbons (Fsp3) is 0.462. The van der Waals surface area contributed by atoms with Crippen LogP contribution in [0.4, 0.5) is 0 Å². The summed E-state index contributed by atoms with van der Waals surface area (Å²) in [5.41, 5.74) is 2.30. The molecule has 37 heavy (non-hydrogen) atoms. The van der Waals surface area contributed by atoms with Crippen LogP contribution in [0.2, 0.25) is 78.6 Å². The molecule has 0 bridgehead atoms. The molecule has 6 nitrogen and oxygen atoms in total. The van der Waals surface area contributed by atoms with E-state index in [0.717, 1.165) is 22.8 Å². The first-order chi connectivity index (χ1) is 16.3. The van der Waals surface area contributed by atoms with E-state index in [-0.39, 0.29) is 21.7 Å². The van der Waals surface area contributed by atoms with Crippen molar-refractivity contribution < 1.29 is 32.2 Å². The molecule has 0 fully saturated rings. The molecule has 2 aromatic carbocycles. The van der Waals surface area contributed by atoms with Gasteiger partial charge in [-0.25, -0.2) is 0 Å². The van der Waals surface area contributed by atoms with E-state index in [0.29, 0.717) is 0 Å². The number of amidine groups is 2. The number of benzene rings is 2. The van der Waals surface area contributed by atoms with Crippen molar-refractivity contribution in [2.24, 2.45) is 9.32 Å². The summed E-state index contributed by atoms with van der Waals surface area (Å²) in [7, 11) is -5.95. The summed E-state index contributed by atoms with van der Waals surface area (Å²) in [6, 6.07) is 20.7. The Labute approximate surface area is 245 Å². The molecule has 2 rings (SSSR count). The Morgan fingerprint density at radius 3 is 0.946 bits per heavy atom. The second-order valence-electron chi connectivity index (χ2n) is 12.5. The van der Waals surface area contributed by atoms with Crippen molar-refractivity contribution in [3.8, 4) is 0 Å². The summed E-state index contributed by atoms with van der Waals surface area (Å²) in [6.45, 7) is 26.9. The van der Waals surface area contributed by atoms with Crippen molar-refractivity contribution in [3.05, 3.63) is 81.8 Å². The van der Waals surface area contributed by atoms with Gasteiger partial charge in [0.25, 0.3) is 0 Å². The van der Waals surface area contributed by atoms with E-state index in [1.54, 1.807) is 0 Å². The smallest absolute Gasteiger partial charge is 0.472 e. The van der Waals surface area contributed by atoms with E-state index >= 15 is 0 Å². The molecule has 0 heterocycles. The van der Waals surface area contributed by atoms with E-state index in [2.05, 4.69) is 127 Å². The number of rotatable bonds is 6. The third-order valence-electron chi connectivity index (χ3n) is 3.83. The maximum atomic E-state index is 6.00. The molecule has 204 valence electrons. The van der Waals surface area contributed by atoms with Crippen molar-refractivity contribution in [1.82, 2.24) is 0 Å². The summed E-state index contributed by atoms with van der Waals surface area (Å²) in [5.74, 6) is 1.92. The average molecular weight is 609 g/mol. The summed E-state index contributed by atoms with van der Waals surface area (Å²) in [6.07, 6.45) is 0. The molecule has 0 radical (unpaired) electrons. The Hall–Kier alpha value is -1.12. The van der Waals surface area contributed by atoms with E-state index in [9.17, 15) is 0 Å². The van der Waals surface area contributed by atoms with Gasteiger partial charge in [0.1, 0.15) is 0 Å². The van der Waals surface area contributed by atoms with Gasteiger partial charge in [0.2, 0.25) is 0 Å². The zero-order chi connectivity index (χ0) is 28.2. The second kappa shape index (κ2) is 16.8. The molecule has 0 unspecified atom stereocenters. The first-order valence-electron chi connectivity index (χ1n) is 12.3. The first-order valence-corrected chi connectivity index (χ1v) is 26.1. The largest absolute Gasteiger partial charge is 2.00 e. The topological polar surface area (TPSA) is 93.4 Å². The Kier molecular flexibility index (Phi) is 17.2. The van der Waals surface area contributed by atoms with E-state index in [1.165, 1.54) is 0 Å². The Morgan fingerprint density at radius 2 is 0.757 bits per heavy atom. The molecule has 0 aliphatic heterocycles. The van der Waals surface area contributed by atoms with Gasteiger partial charge < -0.3 is 19.3 Å². The van der Waals surface area contributed by atoms with Crippen molar-refractivity contribution in [3.63, 3.8) is 0 Å². The van der Waals surface area contributed by atoms with E-state index in [4.69, 9.17) is 29.8 Å². The molecule has 11 heteroatoms. The minimum Gasteiger partial charge on any atom is -0.472 e. The quantitative estimate of drug-likeness (QED) is 0.113. The maximum absolute atomic E-state index is 6.00. The second-order valence-corrected chi connectivity index (χ2v) is 30.8. The van der Waals surface area contributed by atoms with E-state index in [1.807, 2.05) is 12.1 Å². The van der Waals surface area contributed by atoms with Crippen molar-refractivity contribution >= 4 is 44.6 Å². The molecule has 0 amide bonds. The van der Waals surface area contributed by atoms with Crippen molar-refractivity contribution in [2.75, 3.05) is 0 Å². The Balaban J connectivity index is 0. The normalized spacial score (nSPS) is 12.7. The van der Waals surface area contributed by atoms with Crippen molar-refractivity contribution in [1.29, 1.82) is 0 Å². The SMILES string of the molecule is C[Si](C)(C)/N=C(/[N-][Si](C)(C)C)c1ccccc1.C[Si](C)(C)/N=C(/[N-][Si](C)(C)C)c1ccccc1.OO.[Ti+2]. The van der Waals surface area contributed by atoms with Crippen LogP contribution in [-0.4, -0.2) is 55.1 Å². The number of hydrogen-bond acceptors (Lipinski definition) is 4. The predicted octanol–water partition coefficient (Wildman–Crippen LogP) is 8.97. The van der Waals surface area contributed by atoms with Gasteiger partial charge in [-0.2, -0.15) is 0 Å². The zero-order valence-corrected chi connectivity index (χ0v) is 30.5. The van der Waals surface area contributed by atoms with Gasteiger partial charge in [-0.15, -0.1) is 0 Å². The minimum absolute atomic E-state index is 0. The summed E-state index contributed by atoms with van der Waals surface area (Å²) < 4.78 is 9.78. The van der Waals surface area contributed by atoms with Crippen LogP contribution in [0.5, 0.6) is 0 Å². The molecule has 0 atom stereocenters. The van der Waals surface area contributed by atoms with Crippen LogP contribution in [0, 0.1) is 0 Å². The fourth-order valence-electron chi connectivity index (χ4n) is 2.75. The van der Waals surface area contributed by atoms with Gasteiger partial charge >= 0.3 is 21.7 Å². The maximum Gasteiger partial charge on any atom is 2.00 e. The van der Waals surface area contributed by atoms with Gasteiger partial charge in [-0.3, -0.25) is 10.5 Å². The fourth-order valence-corrected chi connectivity index (χ4v) is 6.21. The average Bonchev–Trinajstić information content (AvgIpc) is 2.72. The molecule has 0 saturated carbocycles. The first kappa shape index (κ1) is 38.0. The van der Waals surface area contributed by atoms with Crippen LogP contribution in [0.1, 0.15) is 11.1 Å². The molecular formula is C26H48N4O2Si4Ti. The predicted molar refractivity (Wildman–Crippen MR) is 171 cm³/mol. The molecule has 0 saturated heterocycles. The molecule has 0 spiro atoms. The monoisotopic (exact) mass is 608 g/mol. The number of nitrogens with zero attached hydrogens (tertiary/aromatic N) is 4. The van der Waals surface area contributed by atoms with Crippen molar-refractivity contribution in [2.45, 2.75) is 78.6 Å². The van der Waals surface area contributed by atoms with Crippen LogP contribution in [0.15, 0.2) is 70.0 Å². The molecule has 0 aliphatic carbocycles. The van der Waals surface area contributed by atoms with Gasteiger partial charge in [0, 0.05) is 32.9 Å². The van der Waals surface area contributed by atoms with Crippen LogP contribution < -0.4 is 0 Å². The summed E-state index contributed by atoms with van der Waals surface area (Å²) >= 11 is 0. The van der Waals surface area contributed by atoms with Gasteiger partial charge in [-0.05, 0) is 11.1 Å². The molecule has 2 N–H and O–H groups in total.